The molecule has 1 aliphatic carbocycles. The molecule has 1 atom stereocenters. The van der Waals surface area contributed by atoms with Crippen molar-refractivity contribution in [3.05, 3.63) is 36.1 Å². The van der Waals surface area contributed by atoms with Crippen LogP contribution >= 0.6 is 0 Å². The van der Waals surface area contributed by atoms with Gasteiger partial charge in [0.1, 0.15) is 11.3 Å². The largest absolute Gasteiger partial charge is 0.459 e. The van der Waals surface area contributed by atoms with Crippen LogP contribution in [-0.2, 0) is 4.79 Å². The molecule has 1 amide bonds. The first-order valence-electron chi connectivity index (χ1n) is 7.23. The zero-order chi connectivity index (χ0) is 13.9. The minimum Gasteiger partial charge on any atom is -0.459 e. The lowest BCUT2D eigenvalue weighted by Crippen LogP contribution is -2.29. The van der Waals surface area contributed by atoms with Gasteiger partial charge in [0.25, 0.3) is 0 Å². The number of nitrogens with one attached hydrogen (secondary N) is 2. The molecule has 20 heavy (non-hydrogen) atoms. The molecule has 1 saturated carbocycles. The van der Waals surface area contributed by atoms with Gasteiger partial charge in [0.15, 0.2) is 0 Å². The number of hydrogen-bond donors (Lipinski definition) is 2. The third kappa shape index (κ3) is 3.20. The number of benzene rings is 1. The third-order valence-electron chi connectivity index (χ3n) is 3.62. The molecule has 0 bridgehead atoms. The van der Waals surface area contributed by atoms with Crippen molar-refractivity contribution in [3.63, 3.8) is 0 Å². The summed E-state index contributed by atoms with van der Waals surface area (Å²) in [6, 6.07) is 10.6. The molecule has 3 rings (SSSR count). The van der Waals surface area contributed by atoms with Gasteiger partial charge in [-0.1, -0.05) is 18.2 Å². The Bertz CT molecular complexity index is 568. The van der Waals surface area contributed by atoms with E-state index in [1.807, 2.05) is 24.3 Å². The van der Waals surface area contributed by atoms with Crippen LogP contribution < -0.4 is 10.6 Å². The Morgan fingerprint density at radius 3 is 2.95 bits per heavy atom. The van der Waals surface area contributed by atoms with Gasteiger partial charge < -0.3 is 15.1 Å². The molecule has 1 unspecified atom stereocenters. The number of carbonyl (C=O) groups excluding carboxylic acids is 1. The first kappa shape index (κ1) is 13.2. The molecular weight excluding hydrogens is 252 g/mol. The van der Waals surface area contributed by atoms with Crippen LogP contribution in [0.4, 0.5) is 0 Å². The van der Waals surface area contributed by atoms with Crippen molar-refractivity contribution in [2.45, 2.75) is 38.3 Å². The normalized spacial score (nSPS) is 16.2. The summed E-state index contributed by atoms with van der Waals surface area (Å²) in [6.07, 6.45) is 2.78. The number of hydrogen-bond acceptors (Lipinski definition) is 3. The fourth-order valence-corrected chi connectivity index (χ4v) is 2.25. The molecule has 0 aliphatic heterocycles. The van der Waals surface area contributed by atoms with Gasteiger partial charge in [-0.2, -0.15) is 0 Å². The lowest BCUT2D eigenvalue weighted by molar-refractivity contribution is -0.121. The molecule has 0 spiro atoms. The SMILES string of the molecule is CC(NCCC(=O)NC1CC1)c1cc2ccccc2o1. The molecule has 1 aromatic heterocycles. The molecule has 2 aromatic rings. The van der Waals surface area contributed by atoms with Crippen molar-refractivity contribution < 1.29 is 9.21 Å². The quantitative estimate of drug-likeness (QED) is 0.850. The lowest BCUT2D eigenvalue weighted by Gasteiger charge is -2.11. The van der Waals surface area contributed by atoms with Crippen molar-refractivity contribution >= 4 is 16.9 Å². The van der Waals surface area contributed by atoms with Crippen LogP contribution in [0.2, 0.25) is 0 Å². The highest BCUT2D eigenvalue weighted by atomic mass is 16.3. The maximum absolute atomic E-state index is 11.6. The lowest BCUT2D eigenvalue weighted by atomic mass is 10.2. The Morgan fingerprint density at radius 2 is 2.20 bits per heavy atom. The second kappa shape index (κ2) is 5.67. The summed E-state index contributed by atoms with van der Waals surface area (Å²) in [5, 5.41) is 7.43. The molecule has 1 fully saturated rings. The minimum absolute atomic E-state index is 0.108. The maximum atomic E-state index is 11.6. The average molecular weight is 272 g/mol. The van der Waals surface area contributed by atoms with Gasteiger partial charge in [0.2, 0.25) is 5.91 Å². The van der Waals surface area contributed by atoms with Gasteiger partial charge in [0, 0.05) is 24.4 Å². The standard InChI is InChI=1S/C16H20N2O2/c1-11(17-9-8-16(19)18-13-6-7-13)15-10-12-4-2-3-5-14(12)20-15/h2-5,10-11,13,17H,6-9H2,1H3,(H,18,19). The highest BCUT2D eigenvalue weighted by Crippen LogP contribution is 2.23. The van der Waals surface area contributed by atoms with Crippen LogP contribution in [0, 0.1) is 0 Å². The Morgan fingerprint density at radius 1 is 1.40 bits per heavy atom. The van der Waals surface area contributed by atoms with Crippen LogP contribution in [0.1, 0.15) is 38.0 Å². The summed E-state index contributed by atoms with van der Waals surface area (Å²) < 4.78 is 5.80. The van der Waals surface area contributed by atoms with Crippen LogP contribution in [0.25, 0.3) is 11.0 Å². The fourth-order valence-electron chi connectivity index (χ4n) is 2.25. The van der Waals surface area contributed by atoms with Gasteiger partial charge >= 0.3 is 0 Å². The number of carbonyl (C=O) groups is 1. The Hall–Kier alpha value is -1.81. The second-order valence-corrected chi connectivity index (χ2v) is 5.45. The first-order chi connectivity index (χ1) is 9.72. The average Bonchev–Trinajstić information content (AvgIpc) is 3.13. The van der Waals surface area contributed by atoms with Gasteiger partial charge in [-0.15, -0.1) is 0 Å². The smallest absolute Gasteiger partial charge is 0.221 e. The number of amides is 1. The molecule has 0 saturated heterocycles. The second-order valence-electron chi connectivity index (χ2n) is 5.45. The van der Waals surface area contributed by atoms with Gasteiger partial charge in [-0.05, 0) is 31.9 Å². The topological polar surface area (TPSA) is 54.3 Å². The van der Waals surface area contributed by atoms with Gasteiger partial charge in [-0.25, -0.2) is 0 Å². The fraction of sp³-hybridized carbons (Fsp3) is 0.438. The third-order valence-corrected chi connectivity index (χ3v) is 3.62. The van der Waals surface area contributed by atoms with E-state index < -0.39 is 0 Å². The maximum Gasteiger partial charge on any atom is 0.221 e. The van der Waals surface area contributed by atoms with E-state index in [0.29, 0.717) is 19.0 Å². The number of fused-ring (bicyclic) bond motifs is 1. The van der Waals surface area contributed by atoms with E-state index in [9.17, 15) is 4.79 Å². The zero-order valence-corrected chi connectivity index (χ0v) is 11.7. The molecule has 1 heterocycles. The Balaban J connectivity index is 1.50. The van der Waals surface area contributed by atoms with E-state index in [0.717, 1.165) is 29.6 Å². The monoisotopic (exact) mass is 272 g/mol. The highest BCUT2D eigenvalue weighted by Gasteiger charge is 2.22. The predicted octanol–water partition coefficient (Wildman–Crippen LogP) is 2.75. The van der Waals surface area contributed by atoms with E-state index in [1.54, 1.807) is 0 Å². The van der Waals surface area contributed by atoms with E-state index in [4.69, 9.17) is 4.42 Å². The van der Waals surface area contributed by atoms with Gasteiger partial charge in [-0.3, -0.25) is 4.79 Å². The van der Waals surface area contributed by atoms with E-state index in [1.165, 1.54) is 0 Å². The number of furan rings is 1. The van der Waals surface area contributed by atoms with E-state index in [-0.39, 0.29) is 11.9 Å². The zero-order valence-electron chi connectivity index (χ0n) is 11.7. The molecular formula is C16H20N2O2. The Labute approximate surface area is 118 Å². The summed E-state index contributed by atoms with van der Waals surface area (Å²) in [4.78, 5) is 11.6. The minimum atomic E-state index is 0.108. The van der Waals surface area contributed by atoms with Crippen molar-refractivity contribution in [1.82, 2.24) is 10.6 Å². The number of para-hydroxylation sites is 1. The van der Waals surface area contributed by atoms with Crippen LogP contribution in [0.3, 0.4) is 0 Å². The molecule has 4 heteroatoms. The van der Waals surface area contributed by atoms with Crippen LogP contribution in [-0.4, -0.2) is 18.5 Å². The van der Waals surface area contributed by atoms with Crippen molar-refractivity contribution in [1.29, 1.82) is 0 Å². The number of rotatable bonds is 6. The summed E-state index contributed by atoms with van der Waals surface area (Å²) in [5.41, 5.74) is 0.905. The summed E-state index contributed by atoms with van der Waals surface area (Å²) in [7, 11) is 0. The van der Waals surface area contributed by atoms with Crippen LogP contribution in [0.5, 0.6) is 0 Å². The van der Waals surface area contributed by atoms with Crippen molar-refractivity contribution in [2.75, 3.05) is 6.54 Å². The molecule has 0 radical (unpaired) electrons. The van der Waals surface area contributed by atoms with E-state index in [2.05, 4.69) is 23.6 Å². The summed E-state index contributed by atoms with van der Waals surface area (Å²) in [5.74, 6) is 1.05. The molecule has 1 aliphatic rings. The molecule has 106 valence electrons. The summed E-state index contributed by atoms with van der Waals surface area (Å²) in [6.45, 7) is 2.72. The van der Waals surface area contributed by atoms with Gasteiger partial charge in [0.05, 0.1) is 6.04 Å². The summed E-state index contributed by atoms with van der Waals surface area (Å²) >= 11 is 0. The highest BCUT2D eigenvalue weighted by molar-refractivity contribution is 5.78. The van der Waals surface area contributed by atoms with E-state index >= 15 is 0 Å². The Kier molecular flexibility index (Phi) is 3.74. The van der Waals surface area contributed by atoms with Crippen LogP contribution in [0.15, 0.2) is 34.7 Å². The van der Waals surface area contributed by atoms with Crippen molar-refractivity contribution in [3.8, 4) is 0 Å². The molecule has 1 aromatic carbocycles. The van der Waals surface area contributed by atoms with Crippen molar-refractivity contribution in [2.24, 2.45) is 0 Å². The first-order valence-corrected chi connectivity index (χ1v) is 7.23. The predicted molar refractivity (Wildman–Crippen MR) is 78.4 cm³/mol. The molecule has 4 nitrogen and oxygen atoms in total. The molecule has 2 N–H and O–H groups in total.